The van der Waals surface area contributed by atoms with E-state index in [1.54, 1.807) is 24.1 Å². The van der Waals surface area contributed by atoms with Crippen molar-refractivity contribution in [1.82, 2.24) is 9.21 Å². The molecule has 1 saturated heterocycles. The van der Waals surface area contributed by atoms with Crippen LogP contribution in [-0.4, -0.2) is 56.8 Å². The standard InChI is InChI=1S/C18H26N4O3S/c1-15-7-8-16(26(24,25)22-11-4-3-5-12-22)13-17(15)20-18(23)14-21(2)10-6-9-19/h7-8,13H,3-6,10-12,14H2,1-2H3,(H,20,23). The molecule has 0 aromatic heterocycles. The minimum absolute atomic E-state index is 0.143. The van der Waals surface area contributed by atoms with E-state index in [0.717, 1.165) is 24.8 Å². The van der Waals surface area contributed by atoms with Gasteiger partial charge in [-0.2, -0.15) is 9.57 Å². The summed E-state index contributed by atoms with van der Waals surface area (Å²) in [5.41, 5.74) is 1.30. The van der Waals surface area contributed by atoms with Gasteiger partial charge in [0.15, 0.2) is 0 Å². The van der Waals surface area contributed by atoms with Gasteiger partial charge in [0.25, 0.3) is 0 Å². The van der Waals surface area contributed by atoms with Gasteiger partial charge in [0.05, 0.1) is 17.5 Å². The van der Waals surface area contributed by atoms with Crippen LogP contribution in [0.2, 0.25) is 0 Å². The Kier molecular flexibility index (Phi) is 7.14. The summed E-state index contributed by atoms with van der Waals surface area (Å²) in [6, 6.07) is 6.88. The Morgan fingerprint density at radius 1 is 1.31 bits per heavy atom. The Morgan fingerprint density at radius 2 is 2.00 bits per heavy atom. The van der Waals surface area contributed by atoms with Crippen LogP contribution in [0.4, 0.5) is 5.69 Å². The van der Waals surface area contributed by atoms with E-state index in [1.165, 1.54) is 10.4 Å². The van der Waals surface area contributed by atoms with E-state index >= 15 is 0 Å². The number of piperidine rings is 1. The monoisotopic (exact) mass is 378 g/mol. The molecule has 1 aliphatic heterocycles. The molecule has 0 spiro atoms. The normalized spacial score (nSPS) is 15.6. The zero-order valence-electron chi connectivity index (χ0n) is 15.4. The van der Waals surface area contributed by atoms with E-state index < -0.39 is 10.0 Å². The average Bonchev–Trinajstić information content (AvgIpc) is 2.62. The van der Waals surface area contributed by atoms with Crippen LogP contribution >= 0.6 is 0 Å². The maximum Gasteiger partial charge on any atom is 0.243 e. The van der Waals surface area contributed by atoms with Crippen molar-refractivity contribution in [3.05, 3.63) is 23.8 Å². The number of hydrogen-bond acceptors (Lipinski definition) is 5. The summed E-state index contributed by atoms with van der Waals surface area (Å²) in [5, 5.41) is 11.4. The lowest BCUT2D eigenvalue weighted by Crippen LogP contribution is -2.35. The predicted molar refractivity (Wildman–Crippen MR) is 100 cm³/mol. The summed E-state index contributed by atoms with van der Waals surface area (Å²) in [7, 11) is -1.77. The fourth-order valence-electron chi connectivity index (χ4n) is 2.91. The van der Waals surface area contributed by atoms with E-state index in [0.29, 0.717) is 31.7 Å². The van der Waals surface area contributed by atoms with E-state index in [1.807, 2.05) is 13.0 Å². The van der Waals surface area contributed by atoms with Crippen LogP contribution in [0.1, 0.15) is 31.2 Å². The predicted octanol–water partition coefficient (Wildman–Crippen LogP) is 1.95. The molecule has 0 unspecified atom stereocenters. The van der Waals surface area contributed by atoms with E-state index in [4.69, 9.17) is 5.26 Å². The second-order valence-electron chi connectivity index (χ2n) is 6.64. The summed E-state index contributed by atoms with van der Waals surface area (Å²) in [4.78, 5) is 14.2. The Balaban J connectivity index is 2.11. The number of nitrogens with zero attached hydrogens (tertiary/aromatic N) is 3. The van der Waals surface area contributed by atoms with Crippen LogP contribution in [0.5, 0.6) is 0 Å². The third kappa shape index (κ3) is 5.27. The lowest BCUT2D eigenvalue weighted by Gasteiger charge is -2.26. The van der Waals surface area contributed by atoms with Crippen LogP contribution in [0.15, 0.2) is 23.1 Å². The highest BCUT2D eigenvalue weighted by atomic mass is 32.2. The van der Waals surface area contributed by atoms with Gasteiger partial charge in [-0.3, -0.25) is 9.69 Å². The van der Waals surface area contributed by atoms with Crippen LogP contribution in [0.3, 0.4) is 0 Å². The van der Waals surface area contributed by atoms with Gasteiger partial charge in [-0.05, 0) is 44.5 Å². The van der Waals surface area contributed by atoms with Gasteiger partial charge in [0.1, 0.15) is 0 Å². The van der Waals surface area contributed by atoms with Crippen molar-refractivity contribution >= 4 is 21.6 Å². The number of hydrogen-bond donors (Lipinski definition) is 1. The number of nitrogens with one attached hydrogen (secondary N) is 1. The Labute approximate surface area is 155 Å². The topological polar surface area (TPSA) is 93.5 Å². The van der Waals surface area contributed by atoms with Gasteiger partial charge in [-0.15, -0.1) is 0 Å². The molecular weight excluding hydrogens is 352 g/mol. The zero-order valence-corrected chi connectivity index (χ0v) is 16.2. The van der Waals surface area contributed by atoms with Crippen molar-refractivity contribution in [2.45, 2.75) is 37.5 Å². The number of amides is 1. The Morgan fingerprint density at radius 3 is 2.65 bits per heavy atom. The number of rotatable bonds is 7. The van der Waals surface area contributed by atoms with Crippen molar-refractivity contribution < 1.29 is 13.2 Å². The first-order chi connectivity index (χ1) is 12.3. The third-order valence-corrected chi connectivity index (χ3v) is 6.35. The van der Waals surface area contributed by atoms with Crippen LogP contribution in [0.25, 0.3) is 0 Å². The number of benzene rings is 1. The molecule has 8 heteroatoms. The zero-order chi connectivity index (χ0) is 19.2. The number of carbonyl (C=O) groups excluding carboxylic acids is 1. The maximum absolute atomic E-state index is 12.8. The molecule has 1 aromatic rings. The van der Waals surface area contributed by atoms with Gasteiger partial charge in [0, 0.05) is 31.7 Å². The van der Waals surface area contributed by atoms with E-state index in [2.05, 4.69) is 5.32 Å². The minimum Gasteiger partial charge on any atom is -0.325 e. The molecule has 1 aromatic carbocycles. The fourth-order valence-corrected chi connectivity index (χ4v) is 4.45. The average molecular weight is 378 g/mol. The molecule has 1 N–H and O–H groups in total. The number of sulfonamides is 1. The van der Waals surface area contributed by atoms with Crippen molar-refractivity contribution in [2.75, 3.05) is 38.5 Å². The van der Waals surface area contributed by atoms with Crippen molar-refractivity contribution in [1.29, 1.82) is 5.26 Å². The number of anilines is 1. The first-order valence-corrected chi connectivity index (χ1v) is 10.2. The van der Waals surface area contributed by atoms with E-state index in [-0.39, 0.29) is 17.3 Å². The summed E-state index contributed by atoms with van der Waals surface area (Å²) in [6.07, 6.45) is 3.17. The van der Waals surface area contributed by atoms with Crippen LogP contribution < -0.4 is 5.32 Å². The Bertz CT molecular complexity index is 780. The molecule has 1 fully saturated rings. The highest BCUT2D eigenvalue weighted by Crippen LogP contribution is 2.25. The molecule has 1 amide bonds. The molecular formula is C18H26N4O3S. The van der Waals surface area contributed by atoms with Crippen molar-refractivity contribution in [3.63, 3.8) is 0 Å². The molecule has 1 aliphatic rings. The Hall–Kier alpha value is -1.95. The van der Waals surface area contributed by atoms with Crippen LogP contribution in [-0.2, 0) is 14.8 Å². The first kappa shape index (κ1) is 20.4. The molecule has 0 bridgehead atoms. The first-order valence-electron chi connectivity index (χ1n) is 8.81. The molecule has 142 valence electrons. The minimum atomic E-state index is -3.54. The third-order valence-electron chi connectivity index (χ3n) is 4.45. The number of likely N-dealkylation sites (N-methyl/N-ethyl adjacent to an activating group) is 1. The molecule has 0 radical (unpaired) electrons. The van der Waals surface area contributed by atoms with Crippen molar-refractivity contribution in [3.8, 4) is 6.07 Å². The van der Waals surface area contributed by atoms with Gasteiger partial charge in [-0.1, -0.05) is 12.5 Å². The molecule has 2 rings (SSSR count). The van der Waals surface area contributed by atoms with E-state index in [9.17, 15) is 13.2 Å². The molecule has 0 saturated carbocycles. The lowest BCUT2D eigenvalue weighted by atomic mass is 10.2. The number of aryl methyl sites for hydroxylation is 1. The molecule has 0 aliphatic carbocycles. The number of nitriles is 1. The second kappa shape index (κ2) is 9.12. The SMILES string of the molecule is Cc1ccc(S(=O)(=O)N2CCCCC2)cc1NC(=O)CN(C)CCC#N. The van der Waals surface area contributed by atoms with Gasteiger partial charge < -0.3 is 5.32 Å². The van der Waals surface area contributed by atoms with Gasteiger partial charge in [0.2, 0.25) is 15.9 Å². The molecule has 1 heterocycles. The molecule has 7 nitrogen and oxygen atoms in total. The summed E-state index contributed by atoms with van der Waals surface area (Å²) >= 11 is 0. The van der Waals surface area contributed by atoms with Gasteiger partial charge >= 0.3 is 0 Å². The highest BCUT2D eigenvalue weighted by molar-refractivity contribution is 7.89. The van der Waals surface area contributed by atoms with Gasteiger partial charge in [-0.25, -0.2) is 8.42 Å². The second-order valence-corrected chi connectivity index (χ2v) is 8.57. The summed E-state index contributed by atoms with van der Waals surface area (Å²) in [5.74, 6) is -0.235. The van der Waals surface area contributed by atoms with Crippen molar-refractivity contribution in [2.24, 2.45) is 0 Å². The smallest absolute Gasteiger partial charge is 0.243 e. The molecule has 26 heavy (non-hydrogen) atoms. The highest BCUT2D eigenvalue weighted by Gasteiger charge is 2.26. The number of carbonyl (C=O) groups is 1. The quantitative estimate of drug-likeness (QED) is 0.783. The molecule has 0 atom stereocenters. The van der Waals surface area contributed by atoms with Crippen LogP contribution in [0, 0.1) is 18.3 Å². The fraction of sp³-hybridized carbons (Fsp3) is 0.556. The summed E-state index contributed by atoms with van der Waals surface area (Å²) < 4.78 is 27.1. The lowest BCUT2D eigenvalue weighted by molar-refractivity contribution is -0.117. The maximum atomic E-state index is 12.8. The summed E-state index contributed by atoms with van der Waals surface area (Å²) in [6.45, 7) is 3.56. The largest absolute Gasteiger partial charge is 0.325 e.